The highest BCUT2D eigenvalue weighted by atomic mass is 35.5. The number of alkyl halides is 3. The van der Waals surface area contributed by atoms with E-state index in [2.05, 4.69) is 0 Å². The van der Waals surface area contributed by atoms with E-state index in [1.807, 2.05) is 0 Å². The van der Waals surface area contributed by atoms with Crippen LogP contribution < -0.4 is 0 Å². The summed E-state index contributed by atoms with van der Waals surface area (Å²) in [7, 11) is -5.84. The number of phenolic OH excluding ortho intramolecular Hbond substituents is 1. The number of halogens is 4. The first-order valence-corrected chi connectivity index (χ1v) is 5.84. The van der Waals surface area contributed by atoms with E-state index in [0.717, 1.165) is 6.07 Å². The molecular weight excluding hydrogens is 319 g/mol. The third kappa shape index (κ3) is 5.72. The maximum absolute atomic E-state index is 10.7. The van der Waals surface area contributed by atoms with Crippen LogP contribution in [-0.4, -0.2) is 28.5 Å². The van der Waals surface area contributed by atoms with Crippen LogP contribution in [0.4, 0.5) is 18.9 Å². The van der Waals surface area contributed by atoms with Crippen molar-refractivity contribution in [2.45, 2.75) is 5.51 Å². The van der Waals surface area contributed by atoms with Gasteiger partial charge < -0.3 is 5.11 Å². The van der Waals surface area contributed by atoms with Crippen LogP contribution in [0.2, 0.25) is 5.02 Å². The first-order valence-electron chi connectivity index (χ1n) is 4.03. The minimum Gasteiger partial charge on any atom is -0.502 e. The summed E-state index contributed by atoms with van der Waals surface area (Å²) in [6.45, 7) is 0. The first kappa shape index (κ1) is 17.4. The SMILES string of the molecule is O=S(=O)(O)C(F)(F)F.O=[N+]([O-])c1cc(Cl)ccc1O. The van der Waals surface area contributed by atoms with Gasteiger partial charge in [-0.15, -0.1) is 0 Å². The molecule has 0 aromatic heterocycles. The molecule has 1 rings (SSSR count). The van der Waals surface area contributed by atoms with Crippen LogP contribution in [0.15, 0.2) is 18.2 Å². The van der Waals surface area contributed by atoms with Crippen molar-refractivity contribution in [1.29, 1.82) is 0 Å². The molecule has 0 radical (unpaired) electrons. The van der Waals surface area contributed by atoms with Crippen LogP contribution in [0, 0.1) is 10.1 Å². The Morgan fingerprint density at radius 1 is 1.32 bits per heavy atom. The van der Waals surface area contributed by atoms with Gasteiger partial charge in [0.25, 0.3) is 0 Å². The number of nitro groups is 1. The first-order chi connectivity index (χ1) is 8.36. The second kappa shape index (κ2) is 6.04. The van der Waals surface area contributed by atoms with Gasteiger partial charge in [0.1, 0.15) is 0 Å². The van der Waals surface area contributed by atoms with Gasteiger partial charge in [0.15, 0.2) is 5.75 Å². The van der Waals surface area contributed by atoms with Gasteiger partial charge in [-0.1, -0.05) is 11.6 Å². The summed E-state index contributed by atoms with van der Waals surface area (Å²) in [6.07, 6.45) is 0. The number of benzene rings is 1. The summed E-state index contributed by atoms with van der Waals surface area (Å²) in [6, 6.07) is 3.65. The van der Waals surface area contributed by atoms with E-state index in [1.54, 1.807) is 0 Å². The standard InChI is InChI=1S/C6H4ClNO3.CHF3O3S/c7-4-1-2-6(9)5(3-4)8(10)11;2-1(3,4)8(5,6)7/h1-3,9H;(H,5,6,7). The third-order valence-electron chi connectivity index (χ3n) is 1.43. The zero-order valence-electron chi connectivity index (χ0n) is 8.63. The van der Waals surface area contributed by atoms with E-state index in [-0.39, 0.29) is 16.5 Å². The summed E-state index contributed by atoms with van der Waals surface area (Å²) in [4.78, 5) is 9.47. The van der Waals surface area contributed by atoms with Gasteiger partial charge >= 0.3 is 21.3 Å². The van der Waals surface area contributed by atoms with Gasteiger partial charge in [0, 0.05) is 11.1 Å². The minimum atomic E-state index is -5.84. The maximum Gasteiger partial charge on any atom is 0.522 e. The number of phenols is 1. The lowest BCUT2D eigenvalue weighted by Gasteiger charge is -1.97. The van der Waals surface area contributed by atoms with Crippen molar-refractivity contribution in [2.75, 3.05) is 0 Å². The fourth-order valence-corrected chi connectivity index (χ4v) is 0.809. The fourth-order valence-electron chi connectivity index (χ4n) is 0.643. The molecular formula is C7H5ClF3NO6S. The normalized spacial score (nSPS) is 11.4. The summed E-state index contributed by atoms with van der Waals surface area (Å²) < 4.78 is 57.5. The maximum atomic E-state index is 10.7. The molecule has 0 unspecified atom stereocenters. The van der Waals surface area contributed by atoms with Crippen molar-refractivity contribution in [1.82, 2.24) is 0 Å². The van der Waals surface area contributed by atoms with Crippen LogP contribution in [0.1, 0.15) is 0 Å². The number of aromatic hydroxyl groups is 1. The minimum absolute atomic E-state index is 0.231. The highest BCUT2D eigenvalue weighted by Crippen LogP contribution is 2.27. The average Bonchev–Trinajstić information content (AvgIpc) is 2.19. The van der Waals surface area contributed by atoms with Gasteiger partial charge in [-0.05, 0) is 12.1 Å². The Labute approximate surface area is 109 Å². The van der Waals surface area contributed by atoms with Crippen LogP contribution in [0.25, 0.3) is 0 Å². The molecule has 1 aromatic carbocycles. The number of hydrogen-bond acceptors (Lipinski definition) is 5. The molecule has 0 aliphatic carbocycles. The molecule has 2 N–H and O–H groups in total. The molecule has 0 bridgehead atoms. The van der Waals surface area contributed by atoms with E-state index in [0.29, 0.717) is 0 Å². The molecule has 1 aromatic rings. The predicted molar refractivity (Wildman–Crippen MR) is 57.4 cm³/mol. The Balaban J connectivity index is 0.000000362. The topological polar surface area (TPSA) is 118 Å². The van der Waals surface area contributed by atoms with Crippen molar-refractivity contribution < 1.29 is 36.2 Å². The highest BCUT2D eigenvalue weighted by Gasteiger charge is 2.44. The van der Waals surface area contributed by atoms with Gasteiger partial charge in [-0.2, -0.15) is 21.6 Å². The van der Waals surface area contributed by atoms with Crippen molar-refractivity contribution in [3.05, 3.63) is 33.3 Å². The van der Waals surface area contributed by atoms with Gasteiger partial charge in [-0.25, -0.2) is 0 Å². The van der Waals surface area contributed by atoms with E-state index < -0.39 is 20.5 Å². The summed E-state index contributed by atoms with van der Waals surface area (Å²) in [5, 5.41) is 19.3. The molecule has 0 atom stereocenters. The van der Waals surface area contributed by atoms with Gasteiger partial charge in [-0.3, -0.25) is 14.7 Å². The number of nitro benzene ring substituents is 1. The van der Waals surface area contributed by atoms with Crippen molar-refractivity contribution in [2.24, 2.45) is 0 Å². The summed E-state index contributed by atoms with van der Waals surface area (Å²) in [5.74, 6) is -0.376. The van der Waals surface area contributed by atoms with Crippen LogP contribution >= 0.6 is 11.6 Å². The molecule has 0 saturated heterocycles. The predicted octanol–water partition coefficient (Wildman–Crippen LogP) is 2.35. The molecule has 108 valence electrons. The van der Waals surface area contributed by atoms with Crippen LogP contribution in [-0.2, 0) is 10.1 Å². The lowest BCUT2D eigenvalue weighted by Crippen LogP contribution is -2.21. The largest absolute Gasteiger partial charge is 0.522 e. The molecule has 12 heteroatoms. The zero-order chi connectivity index (χ0) is 15.4. The number of hydrogen-bond donors (Lipinski definition) is 2. The van der Waals surface area contributed by atoms with Crippen molar-refractivity contribution in [3.8, 4) is 5.75 Å². The van der Waals surface area contributed by atoms with Gasteiger partial charge in [0.05, 0.1) is 4.92 Å². The molecule has 0 spiro atoms. The molecule has 0 saturated carbocycles. The van der Waals surface area contributed by atoms with Crippen molar-refractivity contribution >= 4 is 27.4 Å². The summed E-state index contributed by atoms with van der Waals surface area (Å²) in [5.41, 5.74) is -5.91. The Morgan fingerprint density at radius 2 is 1.74 bits per heavy atom. The molecule has 7 nitrogen and oxygen atoms in total. The summed E-state index contributed by atoms with van der Waals surface area (Å²) >= 11 is 5.45. The quantitative estimate of drug-likeness (QED) is 0.354. The Hall–Kier alpha value is -1.59. The number of rotatable bonds is 1. The van der Waals surface area contributed by atoms with Crippen molar-refractivity contribution in [3.63, 3.8) is 0 Å². The van der Waals surface area contributed by atoms with E-state index >= 15 is 0 Å². The second-order valence-corrected chi connectivity index (χ2v) is 4.66. The highest BCUT2D eigenvalue weighted by molar-refractivity contribution is 7.86. The molecule has 19 heavy (non-hydrogen) atoms. The fraction of sp³-hybridized carbons (Fsp3) is 0.143. The lowest BCUT2D eigenvalue weighted by atomic mass is 10.3. The van der Waals surface area contributed by atoms with Crippen LogP contribution in [0.5, 0.6) is 5.75 Å². The molecule has 0 amide bonds. The average molecular weight is 324 g/mol. The molecule has 0 heterocycles. The van der Waals surface area contributed by atoms with Gasteiger partial charge in [0.2, 0.25) is 0 Å². The van der Waals surface area contributed by atoms with E-state index in [9.17, 15) is 23.3 Å². The molecule has 0 aliphatic rings. The number of nitrogens with zero attached hydrogens (tertiary/aromatic N) is 1. The Kier molecular flexibility index (Phi) is 5.53. The lowest BCUT2D eigenvalue weighted by molar-refractivity contribution is -0.385. The molecule has 0 aliphatic heterocycles. The van der Waals surface area contributed by atoms with E-state index in [1.165, 1.54) is 12.1 Å². The molecule has 0 fully saturated rings. The van der Waals surface area contributed by atoms with Crippen LogP contribution in [0.3, 0.4) is 0 Å². The third-order valence-corrected chi connectivity index (χ3v) is 2.25. The second-order valence-electron chi connectivity index (χ2n) is 2.81. The zero-order valence-corrected chi connectivity index (χ0v) is 10.2. The monoisotopic (exact) mass is 323 g/mol. The smallest absolute Gasteiger partial charge is 0.502 e. The Bertz CT molecular complexity index is 573. The van der Waals surface area contributed by atoms with E-state index in [4.69, 9.17) is 29.7 Å². The Morgan fingerprint density at radius 3 is 2.00 bits per heavy atom.